The van der Waals surface area contributed by atoms with Gasteiger partial charge in [-0.05, 0) is 25.5 Å². The van der Waals surface area contributed by atoms with Crippen LogP contribution in [0.25, 0.3) is 0 Å². The molecule has 2 unspecified atom stereocenters. The molecule has 2 rings (SSSR count). The van der Waals surface area contributed by atoms with Crippen LogP contribution in [0.1, 0.15) is 19.0 Å². The first-order chi connectivity index (χ1) is 7.72. The van der Waals surface area contributed by atoms with E-state index in [4.69, 9.17) is 10.00 Å². The van der Waals surface area contributed by atoms with Crippen molar-refractivity contribution >= 4 is 5.82 Å². The highest BCUT2D eigenvalue weighted by molar-refractivity contribution is 5.42. The van der Waals surface area contributed by atoms with Gasteiger partial charge in [0.15, 0.2) is 0 Å². The van der Waals surface area contributed by atoms with Crippen molar-refractivity contribution in [3.05, 3.63) is 23.9 Å². The minimum Gasteiger partial charge on any atom is -0.376 e. The molecule has 0 aliphatic carbocycles. The molecule has 16 heavy (non-hydrogen) atoms. The second-order valence-corrected chi connectivity index (χ2v) is 4.04. The molecule has 84 valence electrons. The average Bonchev–Trinajstić information content (AvgIpc) is 2.74. The van der Waals surface area contributed by atoms with E-state index < -0.39 is 0 Å². The van der Waals surface area contributed by atoms with E-state index in [1.807, 2.05) is 19.2 Å². The summed E-state index contributed by atoms with van der Waals surface area (Å²) >= 11 is 0. The van der Waals surface area contributed by atoms with E-state index in [1.165, 1.54) is 0 Å². The van der Waals surface area contributed by atoms with E-state index in [9.17, 15) is 0 Å². The molecule has 0 amide bonds. The normalized spacial score (nSPS) is 24.1. The third-order valence-electron chi connectivity index (χ3n) is 3.04. The third-order valence-corrected chi connectivity index (χ3v) is 3.04. The first-order valence-corrected chi connectivity index (χ1v) is 5.44. The van der Waals surface area contributed by atoms with Crippen molar-refractivity contribution < 1.29 is 4.74 Å². The van der Waals surface area contributed by atoms with Crippen molar-refractivity contribution in [2.45, 2.75) is 25.5 Å². The van der Waals surface area contributed by atoms with E-state index in [0.717, 1.165) is 18.8 Å². The zero-order valence-corrected chi connectivity index (χ0v) is 9.55. The largest absolute Gasteiger partial charge is 0.376 e. The molecular weight excluding hydrogens is 202 g/mol. The fourth-order valence-corrected chi connectivity index (χ4v) is 2.08. The van der Waals surface area contributed by atoms with Gasteiger partial charge in [-0.15, -0.1) is 0 Å². The summed E-state index contributed by atoms with van der Waals surface area (Å²) in [6.45, 7) is 2.87. The SMILES string of the molecule is CC1OCCC1N(C)c1cccc(C#N)n1. The summed E-state index contributed by atoms with van der Waals surface area (Å²) in [6, 6.07) is 7.90. The molecule has 0 saturated carbocycles. The van der Waals surface area contributed by atoms with Gasteiger partial charge in [-0.1, -0.05) is 6.07 Å². The Morgan fingerprint density at radius 3 is 3.00 bits per heavy atom. The standard InChI is InChI=1S/C12H15N3O/c1-9-11(6-7-16-9)15(2)12-5-3-4-10(8-13)14-12/h3-5,9,11H,6-7H2,1-2H3. The smallest absolute Gasteiger partial charge is 0.142 e. The number of hydrogen-bond acceptors (Lipinski definition) is 4. The van der Waals surface area contributed by atoms with Crippen molar-refractivity contribution in [2.75, 3.05) is 18.6 Å². The van der Waals surface area contributed by atoms with Gasteiger partial charge in [-0.2, -0.15) is 5.26 Å². The van der Waals surface area contributed by atoms with Crippen LogP contribution in [0, 0.1) is 11.3 Å². The minimum absolute atomic E-state index is 0.220. The highest BCUT2D eigenvalue weighted by Gasteiger charge is 2.28. The van der Waals surface area contributed by atoms with Gasteiger partial charge in [0.05, 0.1) is 12.1 Å². The Kier molecular flexibility index (Phi) is 3.07. The van der Waals surface area contributed by atoms with Crippen LogP contribution in [0.3, 0.4) is 0 Å². The van der Waals surface area contributed by atoms with E-state index in [-0.39, 0.29) is 6.10 Å². The summed E-state index contributed by atoms with van der Waals surface area (Å²) in [6.07, 6.45) is 1.23. The van der Waals surface area contributed by atoms with Crippen LogP contribution in [0.5, 0.6) is 0 Å². The number of nitrogens with zero attached hydrogens (tertiary/aromatic N) is 3. The van der Waals surface area contributed by atoms with Crippen LogP contribution in [0.15, 0.2) is 18.2 Å². The molecule has 1 aliphatic rings. The number of anilines is 1. The molecule has 4 heteroatoms. The molecule has 1 fully saturated rings. The number of hydrogen-bond donors (Lipinski definition) is 0. The lowest BCUT2D eigenvalue weighted by Crippen LogP contribution is -2.37. The van der Waals surface area contributed by atoms with Crippen molar-refractivity contribution in [3.8, 4) is 6.07 Å². The summed E-state index contributed by atoms with van der Waals surface area (Å²) in [5, 5.41) is 8.81. The van der Waals surface area contributed by atoms with Gasteiger partial charge < -0.3 is 9.64 Å². The number of rotatable bonds is 2. The highest BCUT2D eigenvalue weighted by Crippen LogP contribution is 2.22. The fourth-order valence-electron chi connectivity index (χ4n) is 2.08. The summed E-state index contributed by atoms with van der Waals surface area (Å²) in [7, 11) is 2.00. The van der Waals surface area contributed by atoms with Gasteiger partial charge in [0.25, 0.3) is 0 Å². The first kappa shape index (κ1) is 10.9. The topological polar surface area (TPSA) is 49.1 Å². The van der Waals surface area contributed by atoms with Crippen LogP contribution in [0.2, 0.25) is 0 Å². The molecule has 1 aromatic heterocycles. The second-order valence-electron chi connectivity index (χ2n) is 4.04. The zero-order chi connectivity index (χ0) is 11.5. The fraction of sp³-hybridized carbons (Fsp3) is 0.500. The Morgan fingerprint density at radius 2 is 2.38 bits per heavy atom. The van der Waals surface area contributed by atoms with Crippen LogP contribution < -0.4 is 4.90 Å². The van der Waals surface area contributed by atoms with E-state index in [2.05, 4.69) is 22.9 Å². The lowest BCUT2D eigenvalue weighted by molar-refractivity contribution is 0.118. The van der Waals surface area contributed by atoms with Crippen LogP contribution in [-0.2, 0) is 4.74 Å². The summed E-state index contributed by atoms with van der Waals surface area (Å²) < 4.78 is 5.53. The molecule has 2 heterocycles. The molecule has 0 N–H and O–H groups in total. The second kappa shape index (κ2) is 4.50. The molecule has 0 spiro atoms. The van der Waals surface area contributed by atoms with Crippen LogP contribution in [0.4, 0.5) is 5.82 Å². The summed E-state index contributed by atoms with van der Waals surface area (Å²) in [5.74, 6) is 0.835. The molecule has 1 saturated heterocycles. The summed E-state index contributed by atoms with van der Waals surface area (Å²) in [5.41, 5.74) is 0.455. The molecule has 1 aromatic rings. The average molecular weight is 217 g/mol. The molecule has 0 aromatic carbocycles. The van der Waals surface area contributed by atoms with Crippen LogP contribution >= 0.6 is 0 Å². The van der Waals surface area contributed by atoms with Crippen molar-refractivity contribution in [3.63, 3.8) is 0 Å². The van der Waals surface area contributed by atoms with E-state index >= 15 is 0 Å². The Morgan fingerprint density at radius 1 is 1.56 bits per heavy atom. The monoisotopic (exact) mass is 217 g/mol. The highest BCUT2D eigenvalue weighted by atomic mass is 16.5. The van der Waals surface area contributed by atoms with Crippen molar-refractivity contribution in [2.24, 2.45) is 0 Å². The molecular formula is C12H15N3O. The first-order valence-electron chi connectivity index (χ1n) is 5.44. The number of ether oxygens (including phenoxy) is 1. The third kappa shape index (κ3) is 2.00. The number of likely N-dealkylation sites (N-methyl/N-ethyl adjacent to an activating group) is 1. The van der Waals surface area contributed by atoms with Gasteiger partial charge in [0.1, 0.15) is 17.6 Å². The number of aromatic nitrogens is 1. The van der Waals surface area contributed by atoms with Gasteiger partial charge in [-0.3, -0.25) is 0 Å². The predicted octanol–water partition coefficient (Wildman–Crippen LogP) is 1.57. The van der Waals surface area contributed by atoms with E-state index in [0.29, 0.717) is 11.7 Å². The number of nitriles is 1. The molecule has 1 aliphatic heterocycles. The Hall–Kier alpha value is -1.60. The Bertz CT molecular complexity index is 413. The maximum absolute atomic E-state index is 8.81. The van der Waals surface area contributed by atoms with Gasteiger partial charge in [0.2, 0.25) is 0 Å². The predicted molar refractivity (Wildman–Crippen MR) is 61.2 cm³/mol. The van der Waals surface area contributed by atoms with Crippen molar-refractivity contribution in [1.82, 2.24) is 4.98 Å². The zero-order valence-electron chi connectivity index (χ0n) is 9.55. The minimum atomic E-state index is 0.220. The molecule has 4 nitrogen and oxygen atoms in total. The summed E-state index contributed by atoms with van der Waals surface area (Å²) in [4.78, 5) is 6.38. The van der Waals surface area contributed by atoms with E-state index in [1.54, 1.807) is 6.07 Å². The molecule has 2 atom stereocenters. The Balaban J connectivity index is 2.20. The van der Waals surface area contributed by atoms with Crippen LogP contribution in [-0.4, -0.2) is 30.8 Å². The lowest BCUT2D eigenvalue weighted by Gasteiger charge is -2.27. The quantitative estimate of drug-likeness (QED) is 0.754. The van der Waals surface area contributed by atoms with Gasteiger partial charge >= 0.3 is 0 Å². The van der Waals surface area contributed by atoms with Gasteiger partial charge in [0, 0.05) is 13.7 Å². The maximum atomic E-state index is 8.81. The Labute approximate surface area is 95.5 Å². The number of pyridine rings is 1. The molecule has 0 bridgehead atoms. The van der Waals surface area contributed by atoms with Crippen molar-refractivity contribution in [1.29, 1.82) is 5.26 Å². The molecule has 0 radical (unpaired) electrons. The van der Waals surface area contributed by atoms with Gasteiger partial charge in [-0.25, -0.2) is 4.98 Å². The maximum Gasteiger partial charge on any atom is 0.142 e. The lowest BCUT2D eigenvalue weighted by atomic mass is 10.1.